The van der Waals surface area contributed by atoms with Gasteiger partial charge in [0.2, 0.25) is 5.91 Å². The number of rotatable bonds is 7. The van der Waals surface area contributed by atoms with Crippen molar-refractivity contribution in [1.82, 2.24) is 10.6 Å². The Morgan fingerprint density at radius 1 is 1.33 bits per heavy atom. The summed E-state index contributed by atoms with van der Waals surface area (Å²) in [4.78, 5) is 11.5. The zero-order valence-corrected chi connectivity index (χ0v) is 11.7. The van der Waals surface area contributed by atoms with Crippen molar-refractivity contribution in [3.63, 3.8) is 0 Å². The molecule has 4 heteroatoms. The predicted octanol–water partition coefficient (Wildman–Crippen LogP) is 1.29. The van der Waals surface area contributed by atoms with E-state index < -0.39 is 0 Å². The first kappa shape index (κ1) is 15.4. The zero-order valence-electron chi connectivity index (χ0n) is 11.7. The van der Waals surface area contributed by atoms with Crippen molar-refractivity contribution in [1.29, 1.82) is 0 Å². The Labute approximate surface area is 111 Å². The van der Waals surface area contributed by atoms with Gasteiger partial charge in [-0.25, -0.2) is 0 Å². The minimum atomic E-state index is -0.185. The Morgan fingerprint density at radius 3 is 2.72 bits per heavy atom. The molecule has 1 fully saturated rings. The van der Waals surface area contributed by atoms with Gasteiger partial charge < -0.3 is 15.7 Å². The largest absolute Gasteiger partial charge is 0.393 e. The van der Waals surface area contributed by atoms with E-state index in [9.17, 15) is 9.90 Å². The van der Waals surface area contributed by atoms with Gasteiger partial charge in [-0.15, -0.1) is 0 Å². The lowest BCUT2D eigenvalue weighted by Crippen LogP contribution is -2.39. The Balaban J connectivity index is 2.04. The van der Waals surface area contributed by atoms with Crippen molar-refractivity contribution >= 4 is 5.91 Å². The summed E-state index contributed by atoms with van der Waals surface area (Å²) in [5, 5.41) is 15.8. The number of aliphatic hydroxyl groups excluding tert-OH is 1. The average Bonchev–Trinajstić information content (AvgIpc) is 2.31. The second-order valence-electron chi connectivity index (χ2n) is 5.78. The Morgan fingerprint density at radius 2 is 2.06 bits per heavy atom. The topological polar surface area (TPSA) is 61.4 Å². The number of nitrogens with one attached hydrogen (secondary N) is 2. The van der Waals surface area contributed by atoms with Crippen LogP contribution >= 0.6 is 0 Å². The van der Waals surface area contributed by atoms with E-state index in [1.807, 2.05) is 0 Å². The SMILES string of the molecule is CC(C)CCNC(=O)CNCC1CCCCC1O. The predicted molar refractivity (Wildman–Crippen MR) is 73.3 cm³/mol. The molecule has 0 aromatic rings. The van der Waals surface area contributed by atoms with E-state index in [1.165, 1.54) is 6.42 Å². The number of carbonyl (C=O) groups excluding carboxylic acids is 1. The fourth-order valence-electron chi connectivity index (χ4n) is 2.36. The summed E-state index contributed by atoms with van der Waals surface area (Å²) in [5.74, 6) is 0.999. The van der Waals surface area contributed by atoms with Crippen molar-refractivity contribution in [2.24, 2.45) is 11.8 Å². The van der Waals surface area contributed by atoms with Gasteiger partial charge in [-0.05, 0) is 31.1 Å². The van der Waals surface area contributed by atoms with E-state index in [1.54, 1.807) is 0 Å². The minimum Gasteiger partial charge on any atom is -0.393 e. The van der Waals surface area contributed by atoms with Gasteiger partial charge in [0.05, 0.1) is 12.6 Å². The molecule has 1 saturated carbocycles. The molecule has 0 heterocycles. The Bertz CT molecular complexity index is 244. The van der Waals surface area contributed by atoms with Crippen molar-refractivity contribution in [2.75, 3.05) is 19.6 Å². The van der Waals surface area contributed by atoms with Crippen molar-refractivity contribution in [3.05, 3.63) is 0 Å². The standard InChI is InChI=1S/C14H28N2O2/c1-11(2)7-8-16-14(18)10-15-9-12-5-3-4-6-13(12)17/h11-13,15,17H,3-10H2,1-2H3,(H,16,18). The molecule has 4 nitrogen and oxygen atoms in total. The van der Waals surface area contributed by atoms with E-state index in [4.69, 9.17) is 0 Å². The van der Waals surface area contributed by atoms with Gasteiger partial charge in [0.1, 0.15) is 0 Å². The normalized spacial score (nSPS) is 24.2. The smallest absolute Gasteiger partial charge is 0.233 e. The number of carbonyl (C=O) groups is 1. The van der Waals surface area contributed by atoms with Crippen LogP contribution in [-0.2, 0) is 4.79 Å². The van der Waals surface area contributed by atoms with Crippen LogP contribution in [0.3, 0.4) is 0 Å². The van der Waals surface area contributed by atoms with E-state index in [0.717, 1.165) is 38.8 Å². The molecular formula is C14H28N2O2. The summed E-state index contributed by atoms with van der Waals surface area (Å²) in [6, 6.07) is 0. The first-order valence-corrected chi connectivity index (χ1v) is 7.25. The van der Waals surface area contributed by atoms with Crippen LogP contribution < -0.4 is 10.6 Å². The molecule has 1 aliphatic carbocycles. The molecular weight excluding hydrogens is 228 g/mol. The van der Waals surface area contributed by atoms with Gasteiger partial charge in [-0.3, -0.25) is 4.79 Å². The molecule has 1 aliphatic rings. The first-order valence-electron chi connectivity index (χ1n) is 7.25. The lowest BCUT2D eigenvalue weighted by Gasteiger charge is -2.27. The molecule has 1 amide bonds. The third-order valence-electron chi connectivity index (χ3n) is 3.60. The van der Waals surface area contributed by atoms with Crippen LogP contribution in [0.2, 0.25) is 0 Å². The van der Waals surface area contributed by atoms with Gasteiger partial charge in [-0.2, -0.15) is 0 Å². The highest BCUT2D eigenvalue weighted by molar-refractivity contribution is 5.77. The molecule has 0 radical (unpaired) electrons. The van der Waals surface area contributed by atoms with Crippen molar-refractivity contribution in [3.8, 4) is 0 Å². The maximum Gasteiger partial charge on any atom is 0.233 e. The summed E-state index contributed by atoms with van der Waals surface area (Å²) in [6.07, 6.45) is 5.15. The highest BCUT2D eigenvalue weighted by Crippen LogP contribution is 2.23. The Kier molecular flexibility index (Phi) is 7.28. The first-order chi connectivity index (χ1) is 8.59. The summed E-state index contributed by atoms with van der Waals surface area (Å²) < 4.78 is 0. The molecule has 0 spiro atoms. The highest BCUT2D eigenvalue weighted by Gasteiger charge is 2.22. The molecule has 2 unspecified atom stereocenters. The number of amides is 1. The fraction of sp³-hybridized carbons (Fsp3) is 0.929. The minimum absolute atomic E-state index is 0.0564. The lowest BCUT2D eigenvalue weighted by molar-refractivity contribution is -0.120. The van der Waals surface area contributed by atoms with Crippen molar-refractivity contribution < 1.29 is 9.90 Å². The quantitative estimate of drug-likeness (QED) is 0.643. The van der Waals surface area contributed by atoms with Crippen molar-refractivity contribution in [2.45, 2.75) is 52.1 Å². The van der Waals surface area contributed by atoms with Crippen LogP contribution in [0.25, 0.3) is 0 Å². The molecule has 0 aliphatic heterocycles. The highest BCUT2D eigenvalue weighted by atomic mass is 16.3. The zero-order chi connectivity index (χ0) is 13.4. The number of hydrogen-bond acceptors (Lipinski definition) is 3. The lowest BCUT2D eigenvalue weighted by atomic mass is 9.86. The van der Waals surface area contributed by atoms with Gasteiger partial charge in [0.15, 0.2) is 0 Å². The monoisotopic (exact) mass is 256 g/mol. The number of aliphatic hydroxyl groups is 1. The van der Waals surface area contributed by atoms with Crippen LogP contribution in [0.15, 0.2) is 0 Å². The molecule has 18 heavy (non-hydrogen) atoms. The van der Waals surface area contributed by atoms with Gasteiger partial charge in [-0.1, -0.05) is 26.7 Å². The van der Waals surface area contributed by atoms with Gasteiger partial charge in [0, 0.05) is 13.1 Å². The molecule has 106 valence electrons. The fourth-order valence-corrected chi connectivity index (χ4v) is 2.36. The summed E-state index contributed by atoms with van der Waals surface area (Å²) in [5.41, 5.74) is 0. The average molecular weight is 256 g/mol. The molecule has 0 aromatic heterocycles. The molecule has 3 N–H and O–H groups in total. The molecule has 0 aromatic carbocycles. The van der Waals surface area contributed by atoms with E-state index in [2.05, 4.69) is 24.5 Å². The maximum atomic E-state index is 11.5. The second-order valence-corrected chi connectivity index (χ2v) is 5.78. The molecule has 0 bridgehead atoms. The van der Waals surface area contributed by atoms with Gasteiger partial charge in [0.25, 0.3) is 0 Å². The van der Waals surface area contributed by atoms with Crippen LogP contribution in [-0.4, -0.2) is 36.8 Å². The van der Waals surface area contributed by atoms with E-state index in [-0.39, 0.29) is 12.0 Å². The second kappa shape index (κ2) is 8.48. The summed E-state index contributed by atoms with van der Waals surface area (Å²) >= 11 is 0. The van der Waals surface area contributed by atoms with Crippen LogP contribution in [0.1, 0.15) is 46.0 Å². The number of hydrogen-bond donors (Lipinski definition) is 3. The van der Waals surface area contributed by atoms with E-state index >= 15 is 0 Å². The summed E-state index contributed by atoms with van der Waals surface area (Å²) in [6.45, 7) is 6.16. The van der Waals surface area contributed by atoms with Crippen LogP contribution in [0, 0.1) is 11.8 Å². The third kappa shape index (κ3) is 6.36. The van der Waals surface area contributed by atoms with Gasteiger partial charge >= 0.3 is 0 Å². The maximum absolute atomic E-state index is 11.5. The van der Waals surface area contributed by atoms with Crippen LogP contribution in [0.4, 0.5) is 0 Å². The third-order valence-corrected chi connectivity index (χ3v) is 3.60. The van der Waals surface area contributed by atoms with Crippen LogP contribution in [0.5, 0.6) is 0 Å². The molecule has 0 saturated heterocycles. The molecule has 1 rings (SSSR count). The summed E-state index contributed by atoms with van der Waals surface area (Å²) in [7, 11) is 0. The Hall–Kier alpha value is -0.610. The molecule has 2 atom stereocenters. The van der Waals surface area contributed by atoms with E-state index in [0.29, 0.717) is 18.4 Å².